The average Bonchev–Trinajstić information content (AvgIpc) is 3.45. The van der Waals surface area contributed by atoms with Crippen LogP contribution < -0.4 is 19.5 Å². The molecule has 2 heterocycles. The second kappa shape index (κ2) is 10.8. The van der Waals surface area contributed by atoms with E-state index in [4.69, 9.17) is 14.2 Å². The van der Waals surface area contributed by atoms with Crippen molar-refractivity contribution in [3.63, 3.8) is 0 Å². The molecule has 2 aliphatic heterocycles. The number of carbonyl (C=O) groups is 3. The van der Waals surface area contributed by atoms with Crippen LogP contribution in [0.2, 0.25) is 0 Å². The van der Waals surface area contributed by atoms with Gasteiger partial charge in [-0.3, -0.25) is 19.3 Å². The van der Waals surface area contributed by atoms with Gasteiger partial charge in [-0.1, -0.05) is 36.0 Å². The largest absolute Gasteiger partial charge is 0.454 e. The number of hydrogen-bond donors (Lipinski definition) is 1. The van der Waals surface area contributed by atoms with E-state index in [-0.39, 0.29) is 31.6 Å². The molecule has 5 rings (SSSR count). The van der Waals surface area contributed by atoms with Gasteiger partial charge in [-0.05, 0) is 54.1 Å². The minimum atomic E-state index is -0.628. The fourth-order valence-electron chi connectivity index (χ4n) is 3.86. The highest BCUT2D eigenvalue weighted by molar-refractivity contribution is 8.15. The molecule has 0 aliphatic carbocycles. The van der Waals surface area contributed by atoms with Crippen molar-refractivity contribution in [1.82, 2.24) is 4.90 Å². The topological polar surface area (TPSA) is 107 Å². The van der Waals surface area contributed by atoms with Crippen LogP contribution in [0.5, 0.6) is 17.2 Å². The predicted molar refractivity (Wildman–Crippen MR) is 139 cm³/mol. The van der Waals surface area contributed by atoms with Gasteiger partial charge in [-0.2, -0.15) is 0 Å². The summed E-state index contributed by atoms with van der Waals surface area (Å²) >= 11 is 1.27. The predicted octanol–water partition coefficient (Wildman–Crippen LogP) is 4.50. The number of anilines is 1. The van der Waals surface area contributed by atoms with E-state index in [1.807, 2.05) is 48.5 Å². The van der Waals surface area contributed by atoms with Gasteiger partial charge in [0.15, 0.2) is 16.7 Å². The summed E-state index contributed by atoms with van der Waals surface area (Å²) in [4.78, 5) is 43.6. The lowest BCUT2D eigenvalue weighted by atomic mass is 10.1. The van der Waals surface area contributed by atoms with Gasteiger partial charge in [0.05, 0.1) is 12.2 Å². The first-order chi connectivity index (χ1) is 17.9. The summed E-state index contributed by atoms with van der Waals surface area (Å²) < 4.78 is 15.9. The number of fused-ring (bicyclic) bond motifs is 1. The number of aliphatic imine (C=N–C) groups is 1. The van der Waals surface area contributed by atoms with Crippen LogP contribution in [-0.4, -0.2) is 39.9 Å². The minimum Gasteiger partial charge on any atom is -0.454 e. The SMILES string of the molecule is CC(=O)Oc1ccc(NC(=O)C[C@@H]2SC(=Nc3ccccc3)N(Cc3ccc4c(c3)OCO4)C2=O)cc1. The van der Waals surface area contributed by atoms with E-state index in [0.29, 0.717) is 33.8 Å². The van der Waals surface area contributed by atoms with E-state index in [1.165, 1.54) is 18.7 Å². The van der Waals surface area contributed by atoms with Crippen LogP contribution >= 0.6 is 11.8 Å². The molecule has 188 valence electrons. The number of nitrogens with zero attached hydrogens (tertiary/aromatic N) is 2. The lowest BCUT2D eigenvalue weighted by Gasteiger charge is -2.17. The Labute approximate surface area is 217 Å². The minimum absolute atomic E-state index is 0.0271. The van der Waals surface area contributed by atoms with Crippen LogP contribution in [0.25, 0.3) is 0 Å². The summed E-state index contributed by atoms with van der Waals surface area (Å²) in [6.45, 7) is 1.77. The molecule has 2 amide bonds. The van der Waals surface area contributed by atoms with Gasteiger partial charge in [-0.15, -0.1) is 0 Å². The van der Waals surface area contributed by atoms with Crippen LogP contribution in [0.15, 0.2) is 77.8 Å². The summed E-state index contributed by atoms with van der Waals surface area (Å²) in [6, 6.07) is 21.3. The average molecular weight is 518 g/mol. The van der Waals surface area contributed by atoms with E-state index < -0.39 is 11.2 Å². The van der Waals surface area contributed by atoms with Crippen LogP contribution in [0, 0.1) is 0 Å². The van der Waals surface area contributed by atoms with Crippen molar-refractivity contribution in [3.05, 3.63) is 78.4 Å². The van der Waals surface area contributed by atoms with Gasteiger partial charge in [0.2, 0.25) is 18.6 Å². The van der Waals surface area contributed by atoms with Crippen LogP contribution in [0.3, 0.4) is 0 Å². The Kier molecular flexibility index (Phi) is 7.09. The Morgan fingerprint density at radius 3 is 2.57 bits per heavy atom. The Balaban J connectivity index is 1.31. The summed E-state index contributed by atoms with van der Waals surface area (Å²) in [5.74, 6) is 0.751. The second-order valence-corrected chi connectivity index (χ2v) is 9.49. The quantitative estimate of drug-likeness (QED) is 0.363. The Bertz CT molecular complexity index is 1360. The van der Waals surface area contributed by atoms with Gasteiger partial charge in [-0.25, -0.2) is 4.99 Å². The maximum Gasteiger partial charge on any atom is 0.308 e. The normalized spacial score (nSPS) is 17.2. The highest BCUT2D eigenvalue weighted by atomic mass is 32.2. The molecule has 3 aromatic carbocycles. The summed E-state index contributed by atoms with van der Waals surface area (Å²) in [5.41, 5.74) is 2.11. The first kappa shape index (κ1) is 24.4. The summed E-state index contributed by atoms with van der Waals surface area (Å²) in [6.07, 6.45) is -0.0271. The fraction of sp³-hybridized carbons (Fsp3) is 0.185. The smallest absolute Gasteiger partial charge is 0.308 e. The first-order valence-electron chi connectivity index (χ1n) is 11.5. The number of nitrogens with one attached hydrogen (secondary N) is 1. The lowest BCUT2D eigenvalue weighted by Crippen LogP contribution is -2.33. The zero-order valence-electron chi connectivity index (χ0n) is 19.9. The van der Waals surface area contributed by atoms with E-state index in [2.05, 4.69) is 10.3 Å². The van der Waals surface area contributed by atoms with Crippen molar-refractivity contribution in [2.24, 2.45) is 4.99 Å². The molecule has 0 aromatic heterocycles. The van der Waals surface area contributed by atoms with Gasteiger partial charge < -0.3 is 19.5 Å². The fourth-order valence-corrected chi connectivity index (χ4v) is 5.02. The number of amides is 2. The molecule has 1 atom stereocenters. The molecule has 0 spiro atoms. The molecule has 10 heteroatoms. The molecule has 2 aliphatic rings. The molecule has 9 nitrogen and oxygen atoms in total. The third-order valence-corrected chi connectivity index (χ3v) is 6.72. The number of hydrogen-bond acceptors (Lipinski definition) is 8. The number of amidine groups is 1. The molecule has 0 unspecified atom stereocenters. The number of esters is 1. The van der Waals surface area contributed by atoms with E-state index >= 15 is 0 Å². The van der Waals surface area contributed by atoms with Gasteiger partial charge in [0, 0.05) is 19.0 Å². The third-order valence-electron chi connectivity index (χ3n) is 5.55. The van der Waals surface area contributed by atoms with E-state index in [9.17, 15) is 14.4 Å². The van der Waals surface area contributed by atoms with Crippen molar-refractivity contribution in [2.75, 3.05) is 12.1 Å². The second-order valence-electron chi connectivity index (χ2n) is 8.32. The Morgan fingerprint density at radius 2 is 1.81 bits per heavy atom. The molecular weight excluding hydrogens is 494 g/mol. The number of ether oxygens (including phenoxy) is 3. The summed E-state index contributed by atoms with van der Waals surface area (Å²) in [7, 11) is 0. The van der Waals surface area contributed by atoms with Gasteiger partial charge in [0.1, 0.15) is 11.0 Å². The maximum atomic E-state index is 13.4. The number of thioether (sulfide) groups is 1. The van der Waals surface area contributed by atoms with Crippen molar-refractivity contribution in [3.8, 4) is 17.2 Å². The standard InChI is InChI=1S/C27H23N3O6S/c1-17(31)36-21-10-8-20(9-11-21)28-25(32)14-24-26(33)30(27(37-24)29-19-5-3-2-4-6-19)15-18-7-12-22-23(13-18)35-16-34-22/h2-13,24H,14-16H2,1H3,(H,28,32)/t24-/m0/s1. The molecular formula is C27H23N3O6S. The number of carbonyl (C=O) groups excluding carboxylic acids is 3. The van der Waals surface area contributed by atoms with Gasteiger partial charge in [0.25, 0.3) is 0 Å². The van der Waals surface area contributed by atoms with Crippen molar-refractivity contribution < 1.29 is 28.6 Å². The van der Waals surface area contributed by atoms with E-state index in [1.54, 1.807) is 29.2 Å². The van der Waals surface area contributed by atoms with Crippen molar-refractivity contribution >= 4 is 46.1 Å². The van der Waals surface area contributed by atoms with Crippen molar-refractivity contribution in [2.45, 2.75) is 25.1 Å². The molecule has 3 aromatic rings. The molecule has 0 radical (unpaired) electrons. The van der Waals surface area contributed by atoms with E-state index in [0.717, 1.165) is 5.56 Å². The first-order valence-corrected chi connectivity index (χ1v) is 12.4. The zero-order valence-corrected chi connectivity index (χ0v) is 20.7. The van der Waals surface area contributed by atoms with Crippen LogP contribution in [0.4, 0.5) is 11.4 Å². The van der Waals surface area contributed by atoms with Crippen LogP contribution in [-0.2, 0) is 20.9 Å². The Hall–Kier alpha value is -4.31. The monoisotopic (exact) mass is 517 g/mol. The number of para-hydroxylation sites is 1. The highest BCUT2D eigenvalue weighted by Gasteiger charge is 2.39. The van der Waals surface area contributed by atoms with Crippen LogP contribution in [0.1, 0.15) is 18.9 Å². The molecule has 1 saturated heterocycles. The molecule has 0 bridgehead atoms. The molecule has 37 heavy (non-hydrogen) atoms. The zero-order chi connectivity index (χ0) is 25.8. The molecule has 0 saturated carbocycles. The molecule has 1 N–H and O–H groups in total. The number of rotatable bonds is 7. The number of benzene rings is 3. The highest BCUT2D eigenvalue weighted by Crippen LogP contribution is 2.36. The maximum absolute atomic E-state index is 13.4. The van der Waals surface area contributed by atoms with Crippen molar-refractivity contribution in [1.29, 1.82) is 0 Å². The molecule has 1 fully saturated rings. The van der Waals surface area contributed by atoms with Gasteiger partial charge >= 0.3 is 5.97 Å². The lowest BCUT2D eigenvalue weighted by molar-refractivity contribution is -0.132. The summed E-state index contributed by atoms with van der Waals surface area (Å²) in [5, 5.41) is 2.69. The third kappa shape index (κ3) is 5.92. The Morgan fingerprint density at radius 1 is 1.05 bits per heavy atom.